The minimum absolute atomic E-state index is 0.00704. The van der Waals surface area contributed by atoms with Gasteiger partial charge in [-0.3, -0.25) is 14.9 Å². The van der Waals surface area contributed by atoms with Crippen LogP contribution in [-0.2, 0) is 6.54 Å². The number of hydrogen-bond donors (Lipinski definition) is 1. The number of carbonyl (C=O) groups excluding carboxylic acids is 1. The van der Waals surface area contributed by atoms with Crippen molar-refractivity contribution in [3.63, 3.8) is 0 Å². The summed E-state index contributed by atoms with van der Waals surface area (Å²) < 4.78 is 0. The Morgan fingerprint density at radius 3 is 2.65 bits per heavy atom. The number of aryl methyl sites for hydroxylation is 2. The maximum absolute atomic E-state index is 12.7. The molecule has 5 nitrogen and oxygen atoms in total. The fourth-order valence-corrected chi connectivity index (χ4v) is 2.19. The van der Waals surface area contributed by atoms with Crippen LogP contribution in [0.5, 0.6) is 0 Å². The summed E-state index contributed by atoms with van der Waals surface area (Å²) in [7, 11) is 0. The standard InChI is InChI=1S/C15H20N4O/c1-10(2)19(9-13-6-5-7-16-8-13)15(20)14-11(3)17-18-12(14)4/h5-8,10H,9H2,1-4H3,(H,17,18). The smallest absolute Gasteiger partial charge is 0.258 e. The lowest BCUT2D eigenvalue weighted by Gasteiger charge is -2.27. The molecule has 0 saturated carbocycles. The Balaban J connectivity index is 2.28. The molecule has 0 saturated heterocycles. The molecule has 5 heteroatoms. The third-order valence-corrected chi connectivity index (χ3v) is 3.30. The van der Waals surface area contributed by atoms with Crippen LogP contribution in [0.15, 0.2) is 24.5 Å². The largest absolute Gasteiger partial charge is 0.332 e. The van der Waals surface area contributed by atoms with Crippen LogP contribution in [0.1, 0.15) is 41.2 Å². The number of nitrogens with one attached hydrogen (secondary N) is 1. The van der Waals surface area contributed by atoms with E-state index in [1.165, 1.54) is 0 Å². The molecule has 0 bridgehead atoms. The van der Waals surface area contributed by atoms with E-state index in [0.717, 1.165) is 17.0 Å². The molecular formula is C15H20N4O. The van der Waals surface area contributed by atoms with Gasteiger partial charge >= 0.3 is 0 Å². The van der Waals surface area contributed by atoms with Crippen LogP contribution < -0.4 is 0 Å². The zero-order valence-corrected chi connectivity index (χ0v) is 12.3. The fraction of sp³-hybridized carbons (Fsp3) is 0.400. The number of pyridine rings is 1. The van der Waals surface area contributed by atoms with Gasteiger partial charge in [0, 0.05) is 30.7 Å². The molecule has 1 N–H and O–H groups in total. The van der Waals surface area contributed by atoms with E-state index < -0.39 is 0 Å². The summed E-state index contributed by atoms with van der Waals surface area (Å²) in [4.78, 5) is 18.7. The maximum Gasteiger partial charge on any atom is 0.258 e. The minimum atomic E-state index is 0.00704. The molecule has 106 valence electrons. The van der Waals surface area contributed by atoms with Crippen molar-refractivity contribution in [3.8, 4) is 0 Å². The van der Waals surface area contributed by atoms with Gasteiger partial charge in [-0.1, -0.05) is 6.07 Å². The number of H-pyrrole nitrogens is 1. The monoisotopic (exact) mass is 272 g/mol. The van der Waals surface area contributed by atoms with Crippen LogP contribution >= 0.6 is 0 Å². The van der Waals surface area contributed by atoms with Gasteiger partial charge in [0.15, 0.2) is 0 Å². The molecule has 20 heavy (non-hydrogen) atoms. The van der Waals surface area contributed by atoms with Crippen LogP contribution in [0, 0.1) is 13.8 Å². The van der Waals surface area contributed by atoms with Crippen LogP contribution in [0.25, 0.3) is 0 Å². The number of aromatic nitrogens is 3. The quantitative estimate of drug-likeness (QED) is 0.930. The van der Waals surface area contributed by atoms with Gasteiger partial charge in [0.1, 0.15) is 0 Å². The van der Waals surface area contributed by atoms with E-state index in [1.807, 2.05) is 44.7 Å². The van der Waals surface area contributed by atoms with E-state index in [9.17, 15) is 4.79 Å². The topological polar surface area (TPSA) is 61.9 Å². The van der Waals surface area contributed by atoms with Crippen LogP contribution in [0.2, 0.25) is 0 Å². The van der Waals surface area contributed by atoms with Crippen molar-refractivity contribution in [2.75, 3.05) is 0 Å². The first-order valence-electron chi connectivity index (χ1n) is 6.72. The summed E-state index contributed by atoms with van der Waals surface area (Å²) >= 11 is 0. The number of carbonyl (C=O) groups is 1. The third kappa shape index (κ3) is 2.87. The number of aromatic amines is 1. The molecule has 0 spiro atoms. The average Bonchev–Trinajstić information content (AvgIpc) is 2.76. The Bertz CT molecular complexity index is 570. The Kier molecular flexibility index (Phi) is 4.17. The molecule has 0 aliphatic heterocycles. The van der Waals surface area contributed by atoms with E-state index in [2.05, 4.69) is 15.2 Å². The number of hydrogen-bond acceptors (Lipinski definition) is 3. The van der Waals surface area contributed by atoms with E-state index in [1.54, 1.807) is 12.4 Å². The summed E-state index contributed by atoms with van der Waals surface area (Å²) in [5.74, 6) is 0.00704. The van der Waals surface area contributed by atoms with Crippen molar-refractivity contribution < 1.29 is 4.79 Å². The average molecular weight is 272 g/mol. The summed E-state index contributed by atoms with van der Waals surface area (Å²) in [5, 5.41) is 6.97. The van der Waals surface area contributed by atoms with Gasteiger partial charge in [0.2, 0.25) is 0 Å². The van der Waals surface area contributed by atoms with Crippen molar-refractivity contribution in [1.29, 1.82) is 0 Å². The Morgan fingerprint density at radius 1 is 1.40 bits per heavy atom. The molecule has 0 aliphatic carbocycles. The molecule has 0 aliphatic rings. The molecule has 2 rings (SSSR count). The van der Waals surface area contributed by atoms with Gasteiger partial charge in [-0.15, -0.1) is 0 Å². The molecule has 0 unspecified atom stereocenters. The van der Waals surface area contributed by atoms with E-state index in [0.29, 0.717) is 12.1 Å². The number of nitrogens with zero attached hydrogens (tertiary/aromatic N) is 3. The lowest BCUT2D eigenvalue weighted by molar-refractivity contribution is 0.0689. The second-order valence-electron chi connectivity index (χ2n) is 5.20. The summed E-state index contributed by atoms with van der Waals surface area (Å²) in [6.07, 6.45) is 3.52. The second-order valence-corrected chi connectivity index (χ2v) is 5.20. The van der Waals surface area contributed by atoms with Crippen molar-refractivity contribution >= 4 is 5.91 Å². The second kappa shape index (κ2) is 5.86. The molecule has 0 aromatic carbocycles. The van der Waals surface area contributed by atoms with Crippen LogP contribution in [-0.4, -0.2) is 32.0 Å². The van der Waals surface area contributed by atoms with E-state index in [4.69, 9.17) is 0 Å². The summed E-state index contributed by atoms with van der Waals surface area (Å²) in [6, 6.07) is 3.97. The molecule has 0 radical (unpaired) electrons. The first-order valence-corrected chi connectivity index (χ1v) is 6.72. The normalized spacial score (nSPS) is 10.8. The van der Waals surface area contributed by atoms with Crippen LogP contribution in [0.3, 0.4) is 0 Å². The molecule has 0 atom stereocenters. The molecular weight excluding hydrogens is 252 g/mol. The summed E-state index contributed by atoms with van der Waals surface area (Å²) in [5.41, 5.74) is 3.24. The third-order valence-electron chi connectivity index (χ3n) is 3.30. The van der Waals surface area contributed by atoms with Gasteiger partial charge in [0.25, 0.3) is 5.91 Å². The van der Waals surface area contributed by atoms with Gasteiger partial charge in [0.05, 0.1) is 11.3 Å². The number of amides is 1. The zero-order valence-electron chi connectivity index (χ0n) is 12.3. The highest BCUT2D eigenvalue weighted by atomic mass is 16.2. The Morgan fingerprint density at radius 2 is 2.15 bits per heavy atom. The van der Waals surface area contributed by atoms with Crippen LogP contribution in [0.4, 0.5) is 0 Å². The van der Waals surface area contributed by atoms with Crippen molar-refractivity contribution in [1.82, 2.24) is 20.1 Å². The van der Waals surface area contributed by atoms with Crippen molar-refractivity contribution in [3.05, 3.63) is 47.0 Å². The SMILES string of the molecule is Cc1n[nH]c(C)c1C(=O)N(Cc1cccnc1)C(C)C. The van der Waals surface area contributed by atoms with Gasteiger partial charge in [-0.25, -0.2) is 0 Å². The number of rotatable bonds is 4. The van der Waals surface area contributed by atoms with Crippen molar-refractivity contribution in [2.45, 2.75) is 40.3 Å². The first-order chi connectivity index (χ1) is 9.50. The Labute approximate surface area is 119 Å². The maximum atomic E-state index is 12.7. The molecule has 1 amide bonds. The van der Waals surface area contributed by atoms with Gasteiger partial charge in [-0.2, -0.15) is 5.10 Å². The lowest BCUT2D eigenvalue weighted by Crippen LogP contribution is -2.37. The Hall–Kier alpha value is -2.17. The van der Waals surface area contributed by atoms with E-state index >= 15 is 0 Å². The highest BCUT2D eigenvalue weighted by molar-refractivity contribution is 5.96. The molecule has 2 aromatic heterocycles. The highest BCUT2D eigenvalue weighted by Gasteiger charge is 2.23. The molecule has 2 aromatic rings. The molecule has 0 fully saturated rings. The van der Waals surface area contributed by atoms with Gasteiger partial charge < -0.3 is 4.90 Å². The molecule has 2 heterocycles. The van der Waals surface area contributed by atoms with Crippen molar-refractivity contribution in [2.24, 2.45) is 0 Å². The first kappa shape index (κ1) is 14.2. The minimum Gasteiger partial charge on any atom is -0.332 e. The highest BCUT2D eigenvalue weighted by Crippen LogP contribution is 2.17. The summed E-state index contributed by atoms with van der Waals surface area (Å²) in [6.45, 7) is 8.29. The predicted molar refractivity (Wildman–Crippen MR) is 77.3 cm³/mol. The lowest BCUT2D eigenvalue weighted by atomic mass is 10.1. The fourth-order valence-electron chi connectivity index (χ4n) is 2.19. The predicted octanol–water partition coefficient (Wildman–Crippen LogP) is 2.47. The van der Waals surface area contributed by atoms with Gasteiger partial charge in [-0.05, 0) is 39.3 Å². The van der Waals surface area contributed by atoms with E-state index in [-0.39, 0.29) is 11.9 Å². The zero-order chi connectivity index (χ0) is 14.7.